The van der Waals surface area contributed by atoms with Gasteiger partial charge in [0.2, 0.25) is 5.76 Å². The number of hydrogen-bond acceptors (Lipinski definition) is 7. The Labute approximate surface area is 187 Å². The van der Waals surface area contributed by atoms with Crippen LogP contribution < -0.4 is 0 Å². The average molecular weight is 439 g/mol. The Bertz CT molecular complexity index is 1070. The lowest BCUT2D eigenvalue weighted by Gasteiger charge is -2.12. The van der Waals surface area contributed by atoms with E-state index in [0.29, 0.717) is 22.6 Å². The van der Waals surface area contributed by atoms with E-state index in [-0.39, 0.29) is 18.0 Å². The number of carbonyl (C=O) groups is 1. The van der Waals surface area contributed by atoms with Crippen molar-refractivity contribution in [2.45, 2.75) is 27.4 Å². The van der Waals surface area contributed by atoms with Crippen LogP contribution in [-0.2, 0) is 25.8 Å². The highest BCUT2D eigenvalue weighted by molar-refractivity contribution is 6.43. The Morgan fingerprint density at radius 1 is 1.06 bits per heavy atom. The summed E-state index contributed by atoms with van der Waals surface area (Å²) in [6.45, 7) is 5.47. The van der Waals surface area contributed by atoms with Gasteiger partial charge in [0.1, 0.15) is 13.7 Å². The Morgan fingerprint density at radius 2 is 1.72 bits per heavy atom. The molecular formula is C24H28N3O5+. The summed E-state index contributed by atoms with van der Waals surface area (Å²) in [7, 11) is 2.64. The molecule has 0 aliphatic rings. The molecule has 0 saturated heterocycles. The van der Waals surface area contributed by atoms with Gasteiger partial charge in [-0.3, -0.25) is 5.41 Å². The van der Waals surface area contributed by atoms with E-state index in [1.807, 2.05) is 38.1 Å². The lowest BCUT2D eigenvalue weighted by molar-refractivity contribution is -0.132. The normalized spacial score (nSPS) is 12.3. The Hall–Kier alpha value is -3.94. The minimum atomic E-state index is -0.612. The Kier molecular flexibility index (Phi) is 8.71. The molecule has 0 bridgehead atoms. The zero-order valence-corrected chi connectivity index (χ0v) is 18.9. The van der Waals surface area contributed by atoms with Crippen molar-refractivity contribution in [3.8, 4) is 0 Å². The van der Waals surface area contributed by atoms with Crippen LogP contribution in [0.2, 0.25) is 0 Å². The monoisotopic (exact) mass is 438 g/mol. The molecule has 0 radical (unpaired) electrons. The summed E-state index contributed by atoms with van der Waals surface area (Å²) >= 11 is 0. The van der Waals surface area contributed by atoms with Gasteiger partial charge in [-0.05, 0) is 30.5 Å². The van der Waals surface area contributed by atoms with E-state index < -0.39 is 5.97 Å². The zero-order chi connectivity index (χ0) is 23.7. The number of ether oxygens (including phenoxy) is 1. The highest BCUT2D eigenvalue weighted by Crippen LogP contribution is 2.18. The molecule has 2 aromatic carbocycles. The van der Waals surface area contributed by atoms with E-state index in [0.717, 1.165) is 16.7 Å². The predicted molar refractivity (Wildman–Crippen MR) is 124 cm³/mol. The number of carbonyl (C=O) groups excluding carboxylic acids is 1. The van der Waals surface area contributed by atoms with E-state index in [4.69, 9.17) is 24.9 Å². The van der Waals surface area contributed by atoms with Crippen molar-refractivity contribution in [1.82, 2.24) is 0 Å². The number of aryl methyl sites for hydroxylation is 1. The molecule has 0 unspecified atom stereocenters. The van der Waals surface area contributed by atoms with E-state index in [1.165, 1.54) is 20.3 Å². The van der Waals surface area contributed by atoms with Gasteiger partial charge in [-0.25, -0.2) is 4.79 Å². The van der Waals surface area contributed by atoms with Gasteiger partial charge in [0, 0.05) is 18.1 Å². The number of esters is 1. The molecule has 8 nitrogen and oxygen atoms in total. The van der Waals surface area contributed by atoms with Gasteiger partial charge in [-0.2, -0.15) is 0 Å². The molecular weight excluding hydrogens is 410 g/mol. The van der Waals surface area contributed by atoms with Gasteiger partial charge in [-0.15, -0.1) is 0 Å². The fourth-order valence-corrected chi connectivity index (χ4v) is 2.94. The van der Waals surface area contributed by atoms with Crippen molar-refractivity contribution in [3.05, 3.63) is 82.1 Å². The van der Waals surface area contributed by atoms with E-state index in [2.05, 4.69) is 10.3 Å². The number of oxime groups is 2. The number of nitrogens with one attached hydrogen (secondary N) is 1. The van der Waals surface area contributed by atoms with Gasteiger partial charge < -0.3 is 19.5 Å². The molecule has 3 N–H and O–H groups in total. The first-order valence-electron chi connectivity index (χ1n) is 9.82. The smallest absolute Gasteiger partial charge is 0.360 e. The molecule has 0 aliphatic carbocycles. The molecule has 0 atom stereocenters. The summed E-state index contributed by atoms with van der Waals surface area (Å²) in [5.74, 6) is -0.286. The number of nitrogens with zero attached hydrogens (tertiary/aromatic N) is 2. The van der Waals surface area contributed by atoms with Crippen LogP contribution in [0, 0.1) is 12.3 Å². The molecule has 0 fully saturated rings. The first-order valence-corrected chi connectivity index (χ1v) is 9.82. The van der Waals surface area contributed by atoms with Gasteiger partial charge in [0.25, 0.3) is 0 Å². The fraction of sp³-hybridized carbons (Fsp3) is 0.250. The van der Waals surface area contributed by atoms with Crippen molar-refractivity contribution in [2.24, 2.45) is 10.3 Å². The minimum Gasteiger partial charge on any atom is -0.597 e. The topological polar surface area (TPSA) is 116 Å². The van der Waals surface area contributed by atoms with Crippen LogP contribution in [0.4, 0.5) is 0 Å². The van der Waals surface area contributed by atoms with Gasteiger partial charge in [-0.1, -0.05) is 52.8 Å². The third-order valence-electron chi connectivity index (χ3n) is 4.61. The van der Waals surface area contributed by atoms with E-state index >= 15 is 0 Å². The molecule has 2 aromatic rings. The first-order chi connectivity index (χ1) is 15.3. The molecule has 0 amide bonds. The fourth-order valence-electron chi connectivity index (χ4n) is 2.94. The summed E-state index contributed by atoms with van der Waals surface area (Å²) in [5, 5.41) is 23.5. The molecule has 2 rings (SSSR count). The summed E-state index contributed by atoms with van der Waals surface area (Å²) in [6.07, 6.45) is 1.49. The maximum atomic E-state index is 12.1. The predicted octanol–water partition coefficient (Wildman–Crippen LogP) is 3.46. The number of rotatable bonds is 9. The van der Waals surface area contributed by atoms with Crippen molar-refractivity contribution >= 4 is 23.1 Å². The quantitative estimate of drug-likeness (QED) is 0.212. The number of benzene rings is 2. The van der Waals surface area contributed by atoms with Crippen LogP contribution >= 0.6 is 0 Å². The highest BCUT2D eigenvalue weighted by atomic mass is 16.6. The molecule has 32 heavy (non-hydrogen) atoms. The second-order valence-corrected chi connectivity index (χ2v) is 6.98. The van der Waals surface area contributed by atoms with Crippen LogP contribution in [0.3, 0.4) is 0 Å². The van der Waals surface area contributed by atoms with Crippen molar-refractivity contribution in [1.29, 1.82) is 5.41 Å². The molecule has 0 saturated carbocycles. The van der Waals surface area contributed by atoms with E-state index in [9.17, 15) is 4.79 Å². The lowest BCUT2D eigenvalue weighted by Crippen LogP contribution is -2.20. The van der Waals surface area contributed by atoms with Crippen molar-refractivity contribution < 1.29 is 24.3 Å². The molecule has 0 aliphatic heterocycles. The maximum Gasteiger partial charge on any atom is 0.360 e. The summed E-state index contributed by atoms with van der Waals surface area (Å²) in [4.78, 5) is 22.5. The first kappa shape index (κ1) is 24.3. The number of hydrogen-bond donors (Lipinski definition) is 1. The second kappa shape index (κ2) is 11.5. The third-order valence-corrected chi connectivity index (χ3v) is 4.61. The van der Waals surface area contributed by atoms with Gasteiger partial charge in [0.15, 0.2) is 5.71 Å². The Balaban J connectivity index is 2.21. The third kappa shape index (κ3) is 6.28. The van der Waals surface area contributed by atoms with Crippen LogP contribution in [0.5, 0.6) is 0 Å². The SMILES string of the molecule is CO/N=C(/C(=O)OC)c1cccc(C)c1CO/N=C(\C)c1ccc(C(=N)/C=C(/C)[OH2+])cc1. The maximum absolute atomic E-state index is 12.1. The summed E-state index contributed by atoms with van der Waals surface area (Å²) in [5.41, 5.74) is 4.74. The molecule has 0 heterocycles. The standard InChI is InChI=1S/C24H27N3O5/c1-15-7-6-8-20(23(27-31-5)24(29)30-4)21(15)14-32-26-17(3)18-9-11-19(12-10-18)22(25)13-16(2)28/h6-13,25,28H,14H2,1-5H3/p+1/b16-13-,25-22?,26-17+,27-23+. The number of methoxy groups -OCH3 is 1. The Morgan fingerprint density at radius 3 is 2.31 bits per heavy atom. The molecule has 8 heteroatoms. The highest BCUT2D eigenvalue weighted by Gasteiger charge is 2.20. The zero-order valence-electron chi connectivity index (χ0n) is 18.9. The van der Waals surface area contributed by atoms with Crippen LogP contribution in [0.25, 0.3) is 0 Å². The van der Waals surface area contributed by atoms with E-state index in [1.54, 1.807) is 25.1 Å². The average Bonchev–Trinajstić information content (AvgIpc) is 2.77. The van der Waals surface area contributed by atoms with Gasteiger partial charge >= 0.3 is 5.97 Å². The lowest BCUT2D eigenvalue weighted by atomic mass is 9.99. The van der Waals surface area contributed by atoms with Crippen LogP contribution in [0.1, 0.15) is 41.7 Å². The van der Waals surface area contributed by atoms with Crippen LogP contribution in [-0.4, -0.2) is 42.4 Å². The van der Waals surface area contributed by atoms with Crippen molar-refractivity contribution in [3.63, 3.8) is 0 Å². The molecule has 0 spiro atoms. The van der Waals surface area contributed by atoms with Crippen molar-refractivity contribution in [2.75, 3.05) is 14.2 Å². The summed E-state index contributed by atoms with van der Waals surface area (Å²) in [6, 6.07) is 12.8. The number of allylic oxidation sites excluding steroid dienone is 2. The second-order valence-electron chi connectivity index (χ2n) is 6.98. The largest absolute Gasteiger partial charge is 0.597 e. The molecule has 168 valence electrons. The summed E-state index contributed by atoms with van der Waals surface area (Å²) < 4.78 is 4.82. The minimum absolute atomic E-state index is 0.0491. The molecule has 0 aromatic heterocycles. The van der Waals surface area contributed by atoms with Crippen LogP contribution in [0.15, 0.2) is 64.6 Å². The van der Waals surface area contributed by atoms with Gasteiger partial charge in [0.05, 0.1) is 24.6 Å².